The van der Waals surface area contributed by atoms with E-state index in [1.54, 1.807) is 5.51 Å². The first-order valence-corrected chi connectivity index (χ1v) is 9.38. The second kappa shape index (κ2) is 6.12. The summed E-state index contributed by atoms with van der Waals surface area (Å²) in [6.07, 6.45) is 3.80. The molecule has 0 aromatic carbocycles. The lowest BCUT2D eigenvalue weighted by Gasteiger charge is -2.35. The highest BCUT2D eigenvalue weighted by atomic mass is 32.1. The Balaban J connectivity index is 1.81. The molecule has 0 unspecified atom stereocenters. The zero-order valence-electron chi connectivity index (χ0n) is 14.1. The summed E-state index contributed by atoms with van der Waals surface area (Å²) in [5.74, 6) is 0.675. The van der Waals surface area contributed by atoms with Crippen molar-refractivity contribution in [3.63, 3.8) is 0 Å². The van der Waals surface area contributed by atoms with Gasteiger partial charge in [-0.1, -0.05) is 6.42 Å². The van der Waals surface area contributed by atoms with Crippen LogP contribution < -0.4 is 5.73 Å². The van der Waals surface area contributed by atoms with Gasteiger partial charge >= 0.3 is 0 Å². The highest BCUT2D eigenvalue weighted by molar-refractivity contribution is 7.13. The number of nitrogens with two attached hydrogens (primary N) is 1. The average molecular weight is 353 g/mol. The van der Waals surface area contributed by atoms with Crippen molar-refractivity contribution in [3.8, 4) is 16.5 Å². The van der Waals surface area contributed by atoms with E-state index in [9.17, 15) is 10.1 Å². The van der Waals surface area contributed by atoms with E-state index in [0.717, 1.165) is 46.7 Å². The minimum atomic E-state index is 0.173. The quantitative estimate of drug-likeness (QED) is 0.895. The molecule has 2 aromatic rings. The Labute approximate surface area is 150 Å². The van der Waals surface area contributed by atoms with Gasteiger partial charge < -0.3 is 10.6 Å². The lowest BCUT2D eigenvalue weighted by atomic mass is 9.83. The molecule has 25 heavy (non-hydrogen) atoms. The molecule has 3 heterocycles. The van der Waals surface area contributed by atoms with Crippen LogP contribution in [0.25, 0.3) is 10.4 Å². The average Bonchev–Trinajstić information content (AvgIpc) is 2.97. The molecule has 1 aliphatic heterocycles. The van der Waals surface area contributed by atoms with Crippen LogP contribution in [-0.2, 0) is 17.8 Å². The van der Waals surface area contributed by atoms with Crippen molar-refractivity contribution in [1.29, 1.82) is 5.26 Å². The molecule has 2 aromatic heterocycles. The number of nitrogen functional groups attached to an aromatic ring is 1. The van der Waals surface area contributed by atoms with Crippen molar-refractivity contribution < 1.29 is 4.79 Å². The second-order valence-electron chi connectivity index (χ2n) is 6.69. The molecular weight excluding hydrogens is 334 g/mol. The topological polar surface area (TPSA) is 95.9 Å². The largest absolute Gasteiger partial charge is 0.383 e. The van der Waals surface area contributed by atoms with Crippen molar-refractivity contribution in [2.45, 2.75) is 39.2 Å². The van der Waals surface area contributed by atoms with Gasteiger partial charge in [0.2, 0.25) is 5.91 Å². The fourth-order valence-electron chi connectivity index (χ4n) is 3.59. The van der Waals surface area contributed by atoms with Gasteiger partial charge in [-0.05, 0) is 19.8 Å². The van der Waals surface area contributed by atoms with Gasteiger partial charge in [0.15, 0.2) is 0 Å². The lowest BCUT2D eigenvalue weighted by Crippen LogP contribution is -2.42. The molecule has 1 amide bonds. The molecule has 128 valence electrons. The number of carbonyl (C=O) groups is 1. The zero-order chi connectivity index (χ0) is 17.6. The first kappa shape index (κ1) is 16.0. The van der Waals surface area contributed by atoms with Crippen LogP contribution in [0.2, 0.25) is 0 Å². The van der Waals surface area contributed by atoms with Crippen molar-refractivity contribution in [3.05, 3.63) is 28.0 Å². The van der Waals surface area contributed by atoms with Crippen molar-refractivity contribution in [2.24, 2.45) is 5.92 Å². The maximum Gasteiger partial charge on any atom is 0.225 e. The Morgan fingerprint density at radius 3 is 2.88 bits per heavy atom. The predicted molar refractivity (Wildman–Crippen MR) is 95.7 cm³/mol. The smallest absolute Gasteiger partial charge is 0.225 e. The number of nitriles is 1. The number of rotatable bonds is 2. The summed E-state index contributed by atoms with van der Waals surface area (Å²) in [5, 5.41) is 9.63. The summed E-state index contributed by atoms with van der Waals surface area (Å²) in [6.45, 7) is 3.09. The molecular formula is C18H19N5OS. The number of amides is 1. The molecule has 2 N–H and O–H groups in total. The molecule has 0 radical (unpaired) electrons. The van der Waals surface area contributed by atoms with E-state index in [0.29, 0.717) is 25.1 Å². The number of hydrogen-bond acceptors (Lipinski definition) is 6. The molecule has 0 atom stereocenters. The summed E-state index contributed by atoms with van der Waals surface area (Å²) in [7, 11) is 0. The molecule has 6 nitrogen and oxygen atoms in total. The number of carbonyl (C=O) groups excluding carboxylic acids is 1. The first-order valence-electron chi connectivity index (χ1n) is 8.50. The normalized spacial score (nSPS) is 16.9. The van der Waals surface area contributed by atoms with E-state index in [-0.39, 0.29) is 17.6 Å². The van der Waals surface area contributed by atoms with E-state index in [1.807, 2.05) is 11.8 Å². The Kier molecular flexibility index (Phi) is 3.92. The highest BCUT2D eigenvalue weighted by Gasteiger charge is 2.33. The number of aromatic nitrogens is 2. The number of thiazole rings is 1. The second-order valence-corrected chi connectivity index (χ2v) is 7.54. The van der Waals surface area contributed by atoms with E-state index in [1.165, 1.54) is 11.3 Å². The molecule has 1 aliphatic carbocycles. The Bertz CT molecular complexity index is 894. The van der Waals surface area contributed by atoms with Crippen molar-refractivity contribution in [1.82, 2.24) is 14.9 Å². The Hall–Kier alpha value is -2.46. The standard InChI is InChI=1S/C18H19N5OS/c1-10-16(25-9-21-10)15-12(7-19)17(20)22-14-5-6-23(8-13(14)15)18(24)11-3-2-4-11/h9,11H,2-6,8H2,1H3,(H2,20,22). The van der Waals surface area contributed by atoms with Crippen LogP contribution in [0.3, 0.4) is 0 Å². The molecule has 1 fully saturated rings. The van der Waals surface area contributed by atoms with Gasteiger partial charge in [-0.25, -0.2) is 9.97 Å². The van der Waals surface area contributed by atoms with Gasteiger partial charge in [0.05, 0.1) is 21.8 Å². The van der Waals surface area contributed by atoms with Gasteiger partial charge in [0.25, 0.3) is 0 Å². The molecule has 1 saturated carbocycles. The fourth-order valence-corrected chi connectivity index (χ4v) is 4.47. The van der Waals surface area contributed by atoms with Crippen molar-refractivity contribution in [2.75, 3.05) is 12.3 Å². The fraction of sp³-hybridized carbons (Fsp3) is 0.444. The van der Waals surface area contributed by atoms with E-state index >= 15 is 0 Å². The highest BCUT2D eigenvalue weighted by Crippen LogP contribution is 2.39. The molecule has 7 heteroatoms. The Morgan fingerprint density at radius 1 is 1.48 bits per heavy atom. The number of anilines is 1. The first-order chi connectivity index (χ1) is 12.1. The van der Waals surface area contributed by atoms with E-state index in [2.05, 4.69) is 16.0 Å². The van der Waals surface area contributed by atoms with E-state index < -0.39 is 0 Å². The summed E-state index contributed by atoms with van der Waals surface area (Å²) < 4.78 is 0. The van der Waals surface area contributed by atoms with Crippen LogP contribution in [0.5, 0.6) is 0 Å². The maximum absolute atomic E-state index is 12.7. The third kappa shape index (κ3) is 2.57. The molecule has 4 rings (SSSR count). The van der Waals surface area contributed by atoms with Crippen LogP contribution in [0.4, 0.5) is 5.82 Å². The minimum Gasteiger partial charge on any atom is -0.383 e. The summed E-state index contributed by atoms with van der Waals surface area (Å²) in [5.41, 5.74) is 11.8. The van der Waals surface area contributed by atoms with Crippen molar-refractivity contribution >= 4 is 23.1 Å². The van der Waals surface area contributed by atoms with Crippen LogP contribution in [0.15, 0.2) is 5.51 Å². The number of nitrogens with zero attached hydrogens (tertiary/aromatic N) is 4. The number of pyridine rings is 1. The lowest BCUT2D eigenvalue weighted by molar-refractivity contribution is -0.139. The third-order valence-corrected chi connectivity index (χ3v) is 6.18. The number of hydrogen-bond donors (Lipinski definition) is 1. The molecule has 0 saturated heterocycles. The van der Waals surface area contributed by atoms with Gasteiger partial charge in [0, 0.05) is 36.6 Å². The summed E-state index contributed by atoms with van der Waals surface area (Å²) >= 11 is 1.50. The van der Waals surface area contributed by atoms with Crippen LogP contribution in [0, 0.1) is 24.2 Å². The van der Waals surface area contributed by atoms with Gasteiger partial charge in [-0.3, -0.25) is 4.79 Å². The van der Waals surface area contributed by atoms with Gasteiger partial charge in [0.1, 0.15) is 17.5 Å². The number of aryl methyl sites for hydroxylation is 1. The monoisotopic (exact) mass is 353 g/mol. The maximum atomic E-state index is 12.7. The molecule has 0 bridgehead atoms. The van der Waals surface area contributed by atoms with Crippen LogP contribution in [-0.4, -0.2) is 27.3 Å². The van der Waals surface area contributed by atoms with Crippen LogP contribution in [0.1, 0.15) is 41.8 Å². The molecule has 2 aliphatic rings. The van der Waals surface area contributed by atoms with Crippen LogP contribution >= 0.6 is 11.3 Å². The minimum absolute atomic E-state index is 0.173. The molecule has 0 spiro atoms. The number of fused-ring (bicyclic) bond motifs is 1. The zero-order valence-corrected chi connectivity index (χ0v) is 14.9. The summed E-state index contributed by atoms with van der Waals surface area (Å²) in [4.78, 5) is 24.3. The summed E-state index contributed by atoms with van der Waals surface area (Å²) in [6, 6.07) is 2.21. The van der Waals surface area contributed by atoms with Gasteiger partial charge in [-0.2, -0.15) is 5.26 Å². The van der Waals surface area contributed by atoms with E-state index in [4.69, 9.17) is 5.73 Å². The SMILES string of the molecule is Cc1ncsc1-c1c(C#N)c(N)nc2c1CN(C(=O)C1CCC1)CC2. The third-order valence-electron chi connectivity index (χ3n) is 5.23. The Morgan fingerprint density at radius 2 is 2.28 bits per heavy atom. The van der Waals surface area contributed by atoms with Gasteiger partial charge in [-0.15, -0.1) is 11.3 Å². The predicted octanol–water partition coefficient (Wildman–Crippen LogP) is 2.65.